The molecule has 2 fully saturated rings. The zero-order chi connectivity index (χ0) is 25.8. The quantitative estimate of drug-likeness (QED) is 0.408. The summed E-state index contributed by atoms with van der Waals surface area (Å²) in [6.45, 7) is 3.06. The number of alkyl halides is 3. The summed E-state index contributed by atoms with van der Waals surface area (Å²) < 4.78 is 71.9. The normalized spacial score (nSPS) is 17.1. The topological polar surface area (TPSA) is 47.4 Å². The lowest BCUT2D eigenvalue weighted by Gasteiger charge is -2.59. The second-order valence-electron chi connectivity index (χ2n) is 9.84. The molecular weight excluding hydrogens is 481 g/mol. The van der Waals surface area contributed by atoms with E-state index < -0.39 is 30.3 Å². The number of amides is 1. The molecule has 36 heavy (non-hydrogen) atoms. The van der Waals surface area contributed by atoms with Crippen molar-refractivity contribution in [1.29, 1.82) is 0 Å². The van der Waals surface area contributed by atoms with Crippen LogP contribution in [-0.2, 0) is 0 Å². The first-order valence-electron chi connectivity index (χ1n) is 11.5. The lowest BCUT2D eigenvalue weighted by Crippen LogP contribution is -2.63. The third-order valence-electron chi connectivity index (χ3n) is 6.92. The Kier molecular flexibility index (Phi) is 5.80. The second-order valence-corrected chi connectivity index (χ2v) is 9.84. The molecule has 1 saturated carbocycles. The average Bonchev–Trinajstić information content (AvgIpc) is 3.12. The predicted octanol–water partition coefficient (Wildman–Crippen LogP) is 5.86. The number of nitrogens with zero attached hydrogens (tertiary/aromatic N) is 3. The van der Waals surface area contributed by atoms with Crippen molar-refractivity contribution >= 4 is 5.91 Å². The van der Waals surface area contributed by atoms with E-state index in [1.165, 1.54) is 17.0 Å². The number of carbonyl (C=O) groups is 1. The lowest BCUT2D eigenvalue weighted by atomic mass is 9.60. The molecule has 0 radical (unpaired) electrons. The van der Waals surface area contributed by atoms with Crippen molar-refractivity contribution in [3.63, 3.8) is 0 Å². The van der Waals surface area contributed by atoms with Crippen LogP contribution in [0.15, 0.2) is 42.5 Å². The Bertz CT molecular complexity index is 1320. The molecule has 2 aliphatic rings. The van der Waals surface area contributed by atoms with Crippen LogP contribution in [0.2, 0.25) is 0 Å². The van der Waals surface area contributed by atoms with Crippen LogP contribution in [0.1, 0.15) is 40.5 Å². The standard InChI is InChI=1S/C26H24F5N3O2/c1-15-3-4-17(27)8-21(15)22-7-16(2)32-34(22)19-10-25(11-19)12-33(13-25)24(35)20-6-5-18(28)9-23(20)36-14-26(29,30)31/h3-9,19H,10-14H2,1-2H3. The highest BCUT2D eigenvalue weighted by Gasteiger charge is 2.55. The van der Waals surface area contributed by atoms with Crippen molar-refractivity contribution in [2.75, 3.05) is 19.7 Å². The number of aryl methyl sites for hydroxylation is 2. The molecule has 3 aromatic rings. The summed E-state index contributed by atoms with van der Waals surface area (Å²) in [6, 6.07) is 9.65. The zero-order valence-corrected chi connectivity index (χ0v) is 19.7. The molecule has 0 N–H and O–H groups in total. The van der Waals surface area contributed by atoms with Crippen molar-refractivity contribution in [3.05, 3.63) is 70.9 Å². The molecule has 10 heteroatoms. The summed E-state index contributed by atoms with van der Waals surface area (Å²) in [5.41, 5.74) is 3.18. The fourth-order valence-electron chi connectivity index (χ4n) is 5.27. The monoisotopic (exact) mass is 505 g/mol. The third-order valence-corrected chi connectivity index (χ3v) is 6.92. The van der Waals surface area contributed by atoms with Crippen molar-refractivity contribution in [3.8, 4) is 17.0 Å². The van der Waals surface area contributed by atoms with Gasteiger partial charge in [0.25, 0.3) is 5.91 Å². The van der Waals surface area contributed by atoms with Gasteiger partial charge < -0.3 is 9.64 Å². The molecule has 0 bridgehead atoms. The van der Waals surface area contributed by atoms with Gasteiger partial charge in [0.2, 0.25) is 0 Å². The van der Waals surface area contributed by atoms with E-state index in [0.717, 1.165) is 53.6 Å². The smallest absolute Gasteiger partial charge is 0.422 e. The molecule has 0 unspecified atom stereocenters. The molecule has 1 saturated heterocycles. The number of benzene rings is 2. The molecule has 190 valence electrons. The van der Waals surface area contributed by atoms with Gasteiger partial charge in [-0.1, -0.05) is 6.07 Å². The van der Waals surface area contributed by atoms with Gasteiger partial charge in [0.1, 0.15) is 17.4 Å². The Morgan fingerprint density at radius 1 is 1.06 bits per heavy atom. The summed E-state index contributed by atoms with van der Waals surface area (Å²) in [5, 5.41) is 4.64. The first-order valence-corrected chi connectivity index (χ1v) is 11.5. The first kappa shape index (κ1) is 24.3. The number of carbonyl (C=O) groups excluding carboxylic acids is 1. The van der Waals surface area contributed by atoms with Crippen LogP contribution in [0, 0.1) is 30.9 Å². The fourth-order valence-corrected chi connectivity index (χ4v) is 5.27. The molecule has 5 nitrogen and oxygen atoms in total. The summed E-state index contributed by atoms with van der Waals surface area (Å²) >= 11 is 0. The summed E-state index contributed by atoms with van der Waals surface area (Å²) in [6.07, 6.45) is -3.08. The maximum absolute atomic E-state index is 13.9. The SMILES string of the molecule is Cc1cc(-c2cc(F)ccc2C)n(C2CC3(C2)CN(C(=O)c2ccc(F)cc2OCC(F)(F)F)C3)n1. The van der Waals surface area contributed by atoms with Gasteiger partial charge in [0.15, 0.2) is 6.61 Å². The van der Waals surface area contributed by atoms with Crippen LogP contribution >= 0.6 is 0 Å². The Hall–Kier alpha value is -3.43. The van der Waals surface area contributed by atoms with Gasteiger partial charge >= 0.3 is 6.18 Å². The van der Waals surface area contributed by atoms with E-state index in [1.807, 2.05) is 24.6 Å². The van der Waals surface area contributed by atoms with Gasteiger partial charge in [0, 0.05) is 30.1 Å². The second kappa shape index (κ2) is 8.60. The number of ether oxygens (including phenoxy) is 1. The minimum absolute atomic E-state index is 0.0881. The van der Waals surface area contributed by atoms with Crippen LogP contribution in [0.25, 0.3) is 11.3 Å². The highest BCUT2D eigenvalue weighted by Crippen LogP contribution is 2.55. The highest BCUT2D eigenvalue weighted by atomic mass is 19.4. The number of hydrogen-bond acceptors (Lipinski definition) is 3. The molecule has 2 heterocycles. The van der Waals surface area contributed by atoms with Crippen molar-refractivity contribution in [1.82, 2.24) is 14.7 Å². The molecule has 5 rings (SSSR count). The number of rotatable bonds is 5. The predicted molar refractivity (Wildman–Crippen MR) is 122 cm³/mol. The third kappa shape index (κ3) is 4.56. The van der Waals surface area contributed by atoms with Gasteiger partial charge in [-0.05, 0) is 62.6 Å². The van der Waals surface area contributed by atoms with E-state index in [4.69, 9.17) is 4.74 Å². The van der Waals surface area contributed by atoms with E-state index >= 15 is 0 Å². The average molecular weight is 505 g/mol. The number of hydrogen-bond donors (Lipinski definition) is 0. The number of halogens is 5. The molecule has 1 aliphatic heterocycles. The Labute approximate surface area is 204 Å². The number of likely N-dealkylation sites (tertiary alicyclic amines) is 1. The van der Waals surface area contributed by atoms with Crippen LogP contribution in [0.3, 0.4) is 0 Å². The highest BCUT2D eigenvalue weighted by molar-refractivity contribution is 5.97. The molecule has 1 amide bonds. The minimum atomic E-state index is -4.61. The van der Waals surface area contributed by atoms with Gasteiger partial charge in [-0.25, -0.2) is 8.78 Å². The number of aromatic nitrogens is 2. The lowest BCUT2D eigenvalue weighted by molar-refractivity contribution is -0.153. The first-order chi connectivity index (χ1) is 16.9. The van der Waals surface area contributed by atoms with E-state index in [-0.39, 0.29) is 22.8 Å². The van der Waals surface area contributed by atoms with E-state index in [0.29, 0.717) is 13.1 Å². The maximum atomic E-state index is 13.9. The van der Waals surface area contributed by atoms with Crippen LogP contribution in [-0.4, -0.2) is 46.5 Å². The Morgan fingerprint density at radius 2 is 1.72 bits per heavy atom. The van der Waals surface area contributed by atoms with Crippen LogP contribution < -0.4 is 4.74 Å². The van der Waals surface area contributed by atoms with Gasteiger partial charge in [-0.3, -0.25) is 9.48 Å². The largest absolute Gasteiger partial charge is 0.483 e. The molecule has 1 aromatic heterocycles. The van der Waals surface area contributed by atoms with Gasteiger partial charge in [0.05, 0.1) is 23.0 Å². The minimum Gasteiger partial charge on any atom is -0.483 e. The van der Waals surface area contributed by atoms with Crippen molar-refractivity contribution in [2.45, 2.75) is 38.9 Å². The molecule has 1 aliphatic carbocycles. The van der Waals surface area contributed by atoms with Crippen molar-refractivity contribution < 1.29 is 31.5 Å². The molecule has 1 spiro atoms. The fraction of sp³-hybridized carbons (Fsp3) is 0.385. The summed E-state index contributed by atoms with van der Waals surface area (Å²) in [5.74, 6) is -2.03. The zero-order valence-electron chi connectivity index (χ0n) is 19.7. The molecular formula is C26H24F5N3O2. The van der Waals surface area contributed by atoms with Gasteiger partial charge in [-0.2, -0.15) is 18.3 Å². The van der Waals surface area contributed by atoms with E-state index in [2.05, 4.69) is 5.10 Å². The van der Waals surface area contributed by atoms with Crippen LogP contribution in [0.5, 0.6) is 5.75 Å². The van der Waals surface area contributed by atoms with Crippen LogP contribution in [0.4, 0.5) is 22.0 Å². The Morgan fingerprint density at radius 3 is 2.42 bits per heavy atom. The van der Waals surface area contributed by atoms with E-state index in [9.17, 15) is 26.7 Å². The van der Waals surface area contributed by atoms with E-state index in [1.54, 1.807) is 6.07 Å². The van der Waals surface area contributed by atoms with Gasteiger partial charge in [-0.15, -0.1) is 0 Å². The Balaban J connectivity index is 1.27. The summed E-state index contributed by atoms with van der Waals surface area (Å²) in [7, 11) is 0. The summed E-state index contributed by atoms with van der Waals surface area (Å²) in [4.78, 5) is 14.5. The molecule has 0 atom stereocenters. The maximum Gasteiger partial charge on any atom is 0.422 e. The molecule has 2 aromatic carbocycles. The van der Waals surface area contributed by atoms with Crippen molar-refractivity contribution in [2.24, 2.45) is 5.41 Å².